The average Bonchev–Trinajstić information content (AvgIpc) is 3.04. The first kappa shape index (κ1) is 12.5. The van der Waals surface area contributed by atoms with E-state index in [2.05, 4.69) is 5.10 Å². The van der Waals surface area contributed by atoms with Gasteiger partial charge in [0.15, 0.2) is 11.5 Å². The second kappa shape index (κ2) is 4.88. The van der Waals surface area contributed by atoms with Crippen molar-refractivity contribution in [3.05, 3.63) is 30.0 Å². The van der Waals surface area contributed by atoms with Gasteiger partial charge in [0.05, 0.1) is 5.69 Å². The van der Waals surface area contributed by atoms with Crippen molar-refractivity contribution < 1.29 is 19.4 Å². The molecule has 1 N–H and O–H groups in total. The Kier molecular flexibility index (Phi) is 3.06. The van der Waals surface area contributed by atoms with Crippen LogP contribution in [0.1, 0.15) is 23.8 Å². The molecular weight excluding hydrogens is 260 g/mol. The van der Waals surface area contributed by atoms with E-state index in [0.29, 0.717) is 23.7 Å². The highest BCUT2D eigenvalue weighted by Crippen LogP contribution is 2.35. The van der Waals surface area contributed by atoms with Crippen LogP contribution in [0, 0.1) is 0 Å². The molecule has 6 nitrogen and oxygen atoms in total. The molecule has 6 heteroatoms. The van der Waals surface area contributed by atoms with Crippen molar-refractivity contribution in [3.8, 4) is 22.8 Å². The molecular formula is C14H14N2O4. The standard InChI is InChI=1S/C14H14N2O4/c1-2-5-16-11(14(17)18)7-10(15-16)9-3-4-12-13(6-9)20-8-19-12/h3-4,6-7H,2,5,8H2,1H3,(H,17,18). The average molecular weight is 274 g/mol. The summed E-state index contributed by atoms with van der Waals surface area (Å²) in [5, 5.41) is 13.6. The highest BCUT2D eigenvalue weighted by Gasteiger charge is 2.18. The lowest BCUT2D eigenvalue weighted by Crippen LogP contribution is -2.09. The molecule has 20 heavy (non-hydrogen) atoms. The van der Waals surface area contributed by atoms with Crippen LogP contribution in [0.5, 0.6) is 11.5 Å². The number of hydrogen-bond acceptors (Lipinski definition) is 4. The fraction of sp³-hybridized carbons (Fsp3) is 0.286. The zero-order valence-electron chi connectivity index (χ0n) is 11.0. The van der Waals surface area contributed by atoms with Crippen LogP contribution < -0.4 is 9.47 Å². The number of aromatic carboxylic acids is 1. The predicted molar refractivity (Wildman–Crippen MR) is 71.0 cm³/mol. The molecule has 104 valence electrons. The molecule has 3 rings (SSSR count). The second-order valence-electron chi connectivity index (χ2n) is 4.51. The molecule has 0 aliphatic carbocycles. The van der Waals surface area contributed by atoms with E-state index >= 15 is 0 Å². The van der Waals surface area contributed by atoms with Gasteiger partial charge >= 0.3 is 5.97 Å². The van der Waals surface area contributed by atoms with Crippen LogP contribution in [0.2, 0.25) is 0 Å². The second-order valence-corrected chi connectivity index (χ2v) is 4.51. The van der Waals surface area contributed by atoms with Gasteiger partial charge in [-0.05, 0) is 30.7 Å². The molecule has 0 amide bonds. The Morgan fingerprint density at radius 1 is 1.35 bits per heavy atom. The molecule has 0 bridgehead atoms. The van der Waals surface area contributed by atoms with E-state index in [1.807, 2.05) is 19.1 Å². The van der Waals surface area contributed by atoms with Crippen molar-refractivity contribution in [3.63, 3.8) is 0 Å². The van der Waals surface area contributed by atoms with Crippen molar-refractivity contribution in [1.82, 2.24) is 9.78 Å². The number of carbonyl (C=O) groups is 1. The maximum Gasteiger partial charge on any atom is 0.354 e. The van der Waals surface area contributed by atoms with Gasteiger partial charge in [0.25, 0.3) is 0 Å². The number of rotatable bonds is 4. The third-order valence-electron chi connectivity index (χ3n) is 3.10. The SMILES string of the molecule is CCCn1nc(-c2ccc3c(c2)OCO3)cc1C(=O)O. The molecule has 1 aliphatic rings. The van der Waals surface area contributed by atoms with Gasteiger partial charge in [-0.15, -0.1) is 0 Å². The van der Waals surface area contributed by atoms with E-state index in [4.69, 9.17) is 9.47 Å². The topological polar surface area (TPSA) is 73.6 Å². The van der Waals surface area contributed by atoms with E-state index in [9.17, 15) is 9.90 Å². The Hall–Kier alpha value is -2.50. The third-order valence-corrected chi connectivity index (χ3v) is 3.10. The summed E-state index contributed by atoms with van der Waals surface area (Å²) < 4.78 is 12.1. The third kappa shape index (κ3) is 2.09. The number of ether oxygens (including phenoxy) is 2. The first-order chi connectivity index (χ1) is 9.69. The summed E-state index contributed by atoms with van der Waals surface area (Å²) in [5.74, 6) is 0.377. The molecule has 0 fully saturated rings. The summed E-state index contributed by atoms with van der Waals surface area (Å²) in [5.41, 5.74) is 1.63. The summed E-state index contributed by atoms with van der Waals surface area (Å²) in [6.45, 7) is 2.77. The lowest BCUT2D eigenvalue weighted by Gasteiger charge is -2.01. The fourth-order valence-corrected chi connectivity index (χ4v) is 2.17. The van der Waals surface area contributed by atoms with E-state index in [1.165, 1.54) is 4.68 Å². The number of hydrogen-bond donors (Lipinski definition) is 1. The Labute approximate surface area is 115 Å². The van der Waals surface area contributed by atoms with Crippen LogP contribution in [-0.2, 0) is 6.54 Å². The number of nitrogens with zero attached hydrogens (tertiary/aromatic N) is 2. The number of carboxylic acids is 1. The van der Waals surface area contributed by atoms with E-state index in [-0.39, 0.29) is 12.5 Å². The number of carboxylic acid groups (broad SMARTS) is 1. The minimum atomic E-state index is -0.974. The van der Waals surface area contributed by atoms with Gasteiger partial charge in [-0.3, -0.25) is 4.68 Å². The van der Waals surface area contributed by atoms with Crippen LogP contribution in [0.25, 0.3) is 11.3 Å². The molecule has 0 saturated heterocycles. The van der Waals surface area contributed by atoms with Crippen LogP contribution in [0.3, 0.4) is 0 Å². The Morgan fingerprint density at radius 3 is 2.90 bits per heavy atom. The maximum absolute atomic E-state index is 11.2. The number of fused-ring (bicyclic) bond motifs is 1. The Bertz CT molecular complexity index is 663. The molecule has 0 saturated carbocycles. The minimum Gasteiger partial charge on any atom is -0.477 e. The van der Waals surface area contributed by atoms with Gasteiger partial charge in [-0.2, -0.15) is 5.10 Å². The normalized spacial score (nSPS) is 12.7. The molecule has 0 unspecified atom stereocenters. The van der Waals surface area contributed by atoms with Crippen molar-refractivity contribution in [2.45, 2.75) is 19.9 Å². The first-order valence-electron chi connectivity index (χ1n) is 6.40. The van der Waals surface area contributed by atoms with Crippen LogP contribution >= 0.6 is 0 Å². The predicted octanol–water partition coefficient (Wildman–Crippen LogP) is 2.39. The number of aryl methyl sites for hydroxylation is 1. The largest absolute Gasteiger partial charge is 0.477 e. The molecule has 2 heterocycles. The van der Waals surface area contributed by atoms with Crippen LogP contribution in [-0.4, -0.2) is 27.6 Å². The monoisotopic (exact) mass is 274 g/mol. The molecule has 1 aromatic carbocycles. The first-order valence-corrected chi connectivity index (χ1v) is 6.40. The smallest absolute Gasteiger partial charge is 0.354 e. The summed E-state index contributed by atoms with van der Waals surface area (Å²) in [4.78, 5) is 11.2. The van der Waals surface area contributed by atoms with Crippen molar-refractivity contribution >= 4 is 5.97 Å². The highest BCUT2D eigenvalue weighted by molar-refractivity contribution is 5.87. The summed E-state index contributed by atoms with van der Waals surface area (Å²) >= 11 is 0. The number of aromatic nitrogens is 2. The Balaban J connectivity index is 2.01. The van der Waals surface area contributed by atoms with E-state index < -0.39 is 5.97 Å². The number of benzene rings is 1. The van der Waals surface area contributed by atoms with E-state index in [0.717, 1.165) is 12.0 Å². The van der Waals surface area contributed by atoms with Crippen LogP contribution in [0.4, 0.5) is 0 Å². The molecule has 2 aromatic rings. The molecule has 0 radical (unpaired) electrons. The van der Waals surface area contributed by atoms with Crippen molar-refractivity contribution in [2.75, 3.05) is 6.79 Å². The van der Waals surface area contributed by atoms with Gasteiger partial charge in [0, 0.05) is 12.1 Å². The summed E-state index contributed by atoms with van der Waals surface area (Å²) in [6, 6.07) is 7.04. The van der Waals surface area contributed by atoms with Crippen molar-refractivity contribution in [2.24, 2.45) is 0 Å². The minimum absolute atomic E-state index is 0.194. The summed E-state index contributed by atoms with van der Waals surface area (Å²) in [7, 11) is 0. The maximum atomic E-state index is 11.2. The zero-order valence-corrected chi connectivity index (χ0v) is 11.0. The van der Waals surface area contributed by atoms with Crippen molar-refractivity contribution in [1.29, 1.82) is 0 Å². The summed E-state index contributed by atoms with van der Waals surface area (Å²) in [6.07, 6.45) is 0.822. The van der Waals surface area contributed by atoms with E-state index in [1.54, 1.807) is 12.1 Å². The Morgan fingerprint density at radius 2 is 2.15 bits per heavy atom. The molecule has 1 aromatic heterocycles. The van der Waals surface area contributed by atoms with Gasteiger partial charge < -0.3 is 14.6 Å². The molecule has 0 atom stereocenters. The lowest BCUT2D eigenvalue weighted by molar-refractivity contribution is 0.0683. The lowest BCUT2D eigenvalue weighted by atomic mass is 10.1. The van der Waals surface area contributed by atoms with Gasteiger partial charge in [0.1, 0.15) is 5.69 Å². The quantitative estimate of drug-likeness (QED) is 0.926. The highest BCUT2D eigenvalue weighted by atomic mass is 16.7. The molecule has 0 spiro atoms. The van der Waals surface area contributed by atoms with Crippen LogP contribution in [0.15, 0.2) is 24.3 Å². The van der Waals surface area contributed by atoms with Gasteiger partial charge in [-0.1, -0.05) is 6.92 Å². The fourth-order valence-electron chi connectivity index (χ4n) is 2.17. The molecule has 1 aliphatic heterocycles. The van der Waals surface area contributed by atoms with Gasteiger partial charge in [-0.25, -0.2) is 4.79 Å². The zero-order chi connectivity index (χ0) is 14.1. The van der Waals surface area contributed by atoms with Gasteiger partial charge in [0.2, 0.25) is 6.79 Å².